The summed E-state index contributed by atoms with van der Waals surface area (Å²) >= 11 is 0. The number of allylic oxidation sites excluding steroid dienone is 1. The Bertz CT molecular complexity index is 261. The monoisotopic (exact) mass is 158 g/mol. The van der Waals surface area contributed by atoms with Crippen LogP contribution in [-0.2, 0) is 0 Å². The molecular weight excluding hydrogens is 144 g/mol. The first-order chi connectivity index (χ1) is 5.95. The molecule has 0 atom stereocenters. The maximum Gasteiger partial charge on any atom is -0.0257 e. The highest BCUT2D eigenvalue weighted by Crippen LogP contribution is 2.25. The van der Waals surface area contributed by atoms with Gasteiger partial charge in [0.15, 0.2) is 0 Å². The van der Waals surface area contributed by atoms with E-state index in [9.17, 15) is 0 Å². The van der Waals surface area contributed by atoms with Crippen LogP contribution in [-0.4, -0.2) is 0 Å². The van der Waals surface area contributed by atoms with Gasteiger partial charge in [0.25, 0.3) is 0 Å². The Morgan fingerprint density at radius 1 is 0.917 bits per heavy atom. The molecule has 12 heavy (non-hydrogen) atoms. The van der Waals surface area contributed by atoms with E-state index < -0.39 is 0 Å². The van der Waals surface area contributed by atoms with Crippen LogP contribution < -0.4 is 0 Å². The highest BCUT2D eigenvalue weighted by molar-refractivity contribution is 5.52. The Morgan fingerprint density at radius 3 is 2.25 bits per heavy atom. The van der Waals surface area contributed by atoms with Crippen LogP contribution in [0.1, 0.15) is 31.2 Å². The molecule has 1 aromatic carbocycles. The Labute approximate surface area is 73.9 Å². The van der Waals surface area contributed by atoms with Crippen molar-refractivity contribution in [3.05, 3.63) is 41.5 Å². The van der Waals surface area contributed by atoms with E-state index in [-0.39, 0.29) is 0 Å². The van der Waals surface area contributed by atoms with Gasteiger partial charge in [0, 0.05) is 0 Å². The minimum absolute atomic E-state index is 1.31. The molecule has 0 bridgehead atoms. The molecule has 0 N–H and O–H groups in total. The number of rotatable bonds is 1. The van der Waals surface area contributed by atoms with E-state index in [0.29, 0.717) is 0 Å². The normalized spacial score (nSPS) is 16.5. The van der Waals surface area contributed by atoms with E-state index in [4.69, 9.17) is 0 Å². The summed E-state index contributed by atoms with van der Waals surface area (Å²) < 4.78 is 0. The average Bonchev–Trinajstić information content (AvgIpc) is 2.59. The number of hydrogen-bond acceptors (Lipinski definition) is 0. The summed E-state index contributed by atoms with van der Waals surface area (Å²) in [6.45, 7) is 0. The topological polar surface area (TPSA) is 0 Å². The first-order valence-electron chi connectivity index (χ1n) is 4.70. The van der Waals surface area contributed by atoms with Gasteiger partial charge >= 0.3 is 0 Å². The second-order valence-electron chi connectivity index (χ2n) is 3.42. The smallest absolute Gasteiger partial charge is 0.0257 e. The van der Waals surface area contributed by atoms with Crippen LogP contribution >= 0.6 is 0 Å². The van der Waals surface area contributed by atoms with Crippen molar-refractivity contribution in [2.75, 3.05) is 0 Å². The van der Waals surface area contributed by atoms with Gasteiger partial charge in [-0.05, 0) is 31.2 Å². The summed E-state index contributed by atoms with van der Waals surface area (Å²) in [5.41, 5.74) is 2.98. The van der Waals surface area contributed by atoms with Gasteiger partial charge in [0.05, 0.1) is 0 Å². The molecule has 0 aromatic heterocycles. The van der Waals surface area contributed by atoms with Crippen molar-refractivity contribution in [2.24, 2.45) is 0 Å². The molecular formula is C12H14. The van der Waals surface area contributed by atoms with Gasteiger partial charge in [0.1, 0.15) is 0 Å². The van der Waals surface area contributed by atoms with Crippen LogP contribution in [0.4, 0.5) is 0 Å². The standard InChI is InChI=1S/C12H14/c1-2-6-11(7-3-1)10-12-8-4-5-9-12/h1-3,6-7,10H,4-5,8-9H2. The Balaban J connectivity index is 2.16. The van der Waals surface area contributed by atoms with Crippen LogP contribution in [0, 0.1) is 0 Å². The molecule has 1 fully saturated rings. The van der Waals surface area contributed by atoms with Crippen molar-refractivity contribution >= 4 is 6.08 Å². The summed E-state index contributed by atoms with van der Waals surface area (Å²) in [4.78, 5) is 0. The molecule has 0 spiro atoms. The molecule has 62 valence electrons. The van der Waals surface area contributed by atoms with E-state index in [1.54, 1.807) is 5.57 Å². The number of benzene rings is 1. The fraction of sp³-hybridized carbons (Fsp3) is 0.333. The van der Waals surface area contributed by atoms with Crippen LogP contribution in [0.25, 0.3) is 6.08 Å². The van der Waals surface area contributed by atoms with Gasteiger partial charge in [-0.3, -0.25) is 0 Å². The lowest BCUT2D eigenvalue weighted by atomic mass is 10.1. The highest BCUT2D eigenvalue weighted by Gasteiger charge is 2.05. The largest absolute Gasteiger partial charge is 0.0696 e. The van der Waals surface area contributed by atoms with Crippen molar-refractivity contribution < 1.29 is 0 Å². The molecule has 1 aliphatic rings. The predicted molar refractivity (Wildman–Crippen MR) is 52.9 cm³/mol. The van der Waals surface area contributed by atoms with Crippen molar-refractivity contribution in [3.8, 4) is 0 Å². The van der Waals surface area contributed by atoms with Gasteiger partial charge in [-0.25, -0.2) is 0 Å². The van der Waals surface area contributed by atoms with E-state index in [2.05, 4.69) is 36.4 Å². The molecule has 0 unspecified atom stereocenters. The quantitative estimate of drug-likeness (QED) is 0.585. The summed E-state index contributed by atoms with van der Waals surface area (Å²) in [6.07, 6.45) is 7.74. The lowest BCUT2D eigenvalue weighted by Gasteiger charge is -1.95. The van der Waals surface area contributed by atoms with Crippen LogP contribution in [0.15, 0.2) is 35.9 Å². The maximum atomic E-state index is 2.34. The average molecular weight is 158 g/mol. The predicted octanol–water partition coefficient (Wildman–Crippen LogP) is 3.64. The molecule has 0 heteroatoms. The van der Waals surface area contributed by atoms with Gasteiger partial charge in [-0.1, -0.05) is 42.0 Å². The van der Waals surface area contributed by atoms with Crippen molar-refractivity contribution in [3.63, 3.8) is 0 Å². The lowest BCUT2D eigenvalue weighted by Crippen LogP contribution is -1.73. The van der Waals surface area contributed by atoms with Crippen molar-refractivity contribution in [1.82, 2.24) is 0 Å². The zero-order valence-electron chi connectivity index (χ0n) is 7.29. The third-order valence-corrected chi connectivity index (χ3v) is 2.42. The van der Waals surface area contributed by atoms with Crippen LogP contribution in [0.2, 0.25) is 0 Å². The second-order valence-corrected chi connectivity index (χ2v) is 3.42. The third-order valence-electron chi connectivity index (χ3n) is 2.42. The molecule has 1 saturated carbocycles. The first kappa shape index (κ1) is 7.60. The molecule has 1 aliphatic carbocycles. The summed E-state index contributed by atoms with van der Waals surface area (Å²) in [5.74, 6) is 0. The highest BCUT2D eigenvalue weighted by atomic mass is 14.1. The summed E-state index contributed by atoms with van der Waals surface area (Å²) in [7, 11) is 0. The molecule has 0 heterocycles. The molecule has 0 aliphatic heterocycles. The zero-order chi connectivity index (χ0) is 8.23. The Morgan fingerprint density at radius 2 is 1.58 bits per heavy atom. The van der Waals surface area contributed by atoms with Gasteiger partial charge in [-0.15, -0.1) is 0 Å². The van der Waals surface area contributed by atoms with E-state index >= 15 is 0 Å². The van der Waals surface area contributed by atoms with Crippen LogP contribution in [0.3, 0.4) is 0 Å². The Hall–Kier alpha value is -1.04. The van der Waals surface area contributed by atoms with E-state index in [1.165, 1.54) is 31.2 Å². The molecule has 2 rings (SSSR count). The van der Waals surface area contributed by atoms with Crippen molar-refractivity contribution in [2.45, 2.75) is 25.7 Å². The summed E-state index contributed by atoms with van der Waals surface area (Å²) in [6, 6.07) is 10.6. The molecule has 0 saturated heterocycles. The van der Waals surface area contributed by atoms with Gasteiger partial charge in [0.2, 0.25) is 0 Å². The molecule has 0 amide bonds. The SMILES string of the molecule is C(=C1CCCC1)c1ccccc1. The second kappa shape index (κ2) is 3.57. The molecule has 0 radical (unpaired) electrons. The molecule has 0 nitrogen and oxygen atoms in total. The lowest BCUT2D eigenvalue weighted by molar-refractivity contribution is 0.886. The Kier molecular flexibility index (Phi) is 2.26. The summed E-state index contributed by atoms with van der Waals surface area (Å²) in [5, 5.41) is 0. The third kappa shape index (κ3) is 1.76. The van der Waals surface area contributed by atoms with E-state index in [0.717, 1.165) is 0 Å². The fourth-order valence-electron chi connectivity index (χ4n) is 1.76. The fourth-order valence-corrected chi connectivity index (χ4v) is 1.76. The minimum atomic E-state index is 1.31. The van der Waals surface area contributed by atoms with Crippen LogP contribution in [0.5, 0.6) is 0 Å². The maximum absolute atomic E-state index is 2.34. The molecule has 1 aromatic rings. The minimum Gasteiger partial charge on any atom is -0.0696 e. The van der Waals surface area contributed by atoms with Gasteiger partial charge < -0.3 is 0 Å². The van der Waals surface area contributed by atoms with E-state index in [1.807, 2.05) is 0 Å². The zero-order valence-corrected chi connectivity index (χ0v) is 7.29. The first-order valence-corrected chi connectivity index (χ1v) is 4.70. The van der Waals surface area contributed by atoms with Gasteiger partial charge in [-0.2, -0.15) is 0 Å². The number of hydrogen-bond donors (Lipinski definition) is 0. The van der Waals surface area contributed by atoms with Crippen molar-refractivity contribution in [1.29, 1.82) is 0 Å².